The van der Waals surface area contributed by atoms with Gasteiger partial charge in [0.15, 0.2) is 6.73 Å². The van der Waals surface area contributed by atoms with Crippen LogP contribution in [0.4, 0.5) is 4.79 Å². The Balaban J connectivity index is 1.72. The molecule has 116 valence electrons. The van der Waals surface area contributed by atoms with Gasteiger partial charge in [0.2, 0.25) is 0 Å². The number of rotatable bonds is 5. The molecule has 1 saturated heterocycles. The van der Waals surface area contributed by atoms with Crippen LogP contribution in [0.5, 0.6) is 11.5 Å². The zero-order valence-corrected chi connectivity index (χ0v) is 12.8. The summed E-state index contributed by atoms with van der Waals surface area (Å²) < 4.78 is 10.9. The van der Waals surface area contributed by atoms with E-state index in [2.05, 4.69) is 12.2 Å². The number of ether oxygens (including phenoxy) is 2. The quantitative estimate of drug-likeness (QED) is 0.849. The highest BCUT2D eigenvalue weighted by atomic mass is 16.5. The average molecular weight is 292 g/mol. The lowest BCUT2D eigenvalue weighted by Gasteiger charge is -2.30. The molecule has 1 aliphatic rings. The van der Waals surface area contributed by atoms with Crippen LogP contribution in [0, 0.1) is 5.92 Å². The van der Waals surface area contributed by atoms with Crippen LogP contribution in [-0.4, -0.2) is 37.4 Å². The van der Waals surface area contributed by atoms with Crippen LogP contribution >= 0.6 is 0 Å². The summed E-state index contributed by atoms with van der Waals surface area (Å²) in [4.78, 5) is 13.8. The Kier molecular flexibility index (Phi) is 5.72. The maximum atomic E-state index is 12.0. The van der Waals surface area contributed by atoms with Gasteiger partial charge < -0.3 is 19.7 Å². The van der Waals surface area contributed by atoms with Gasteiger partial charge in [0.25, 0.3) is 0 Å². The van der Waals surface area contributed by atoms with E-state index >= 15 is 0 Å². The SMILES string of the molecule is CCOc1ccc(OCNC(=O)N2CCCC(C)C2)cc1. The van der Waals surface area contributed by atoms with Gasteiger partial charge in [0.05, 0.1) is 6.61 Å². The Morgan fingerprint density at radius 2 is 1.95 bits per heavy atom. The Labute approximate surface area is 126 Å². The third-order valence-electron chi connectivity index (χ3n) is 3.54. The molecule has 0 radical (unpaired) electrons. The molecule has 0 aliphatic carbocycles. The van der Waals surface area contributed by atoms with Crippen LogP contribution in [-0.2, 0) is 0 Å². The summed E-state index contributed by atoms with van der Waals surface area (Å²) >= 11 is 0. The minimum absolute atomic E-state index is 0.0486. The molecule has 0 bridgehead atoms. The topological polar surface area (TPSA) is 50.8 Å². The fourth-order valence-electron chi connectivity index (χ4n) is 2.47. The molecule has 0 aromatic heterocycles. The molecule has 5 heteroatoms. The normalized spacial score (nSPS) is 18.2. The first kappa shape index (κ1) is 15.5. The Hall–Kier alpha value is -1.91. The van der Waals surface area contributed by atoms with E-state index in [0.717, 1.165) is 25.3 Å². The minimum atomic E-state index is -0.0486. The van der Waals surface area contributed by atoms with Crippen LogP contribution < -0.4 is 14.8 Å². The molecule has 5 nitrogen and oxygen atoms in total. The molecule has 1 aliphatic heterocycles. The standard InChI is InChI=1S/C16H24N2O3/c1-3-20-14-6-8-15(9-7-14)21-12-17-16(19)18-10-4-5-13(2)11-18/h6-9,13H,3-5,10-12H2,1-2H3,(H,17,19). The number of urea groups is 1. The number of benzene rings is 1. The summed E-state index contributed by atoms with van der Waals surface area (Å²) in [7, 11) is 0. The van der Waals surface area contributed by atoms with Gasteiger partial charge in [-0.2, -0.15) is 0 Å². The van der Waals surface area contributed by atoms with Crippen molar-refractivity contribution in [2.45, 2.75) is 26.7 Å². The van der Waals surface area contributed by atoms with Gasteiger partial charge in [-0.3, -0.25) is 0 Å². The predicted octanol–water partition coefficient (Wildman–Crippen LogP) is 2.86. The molecule has 1 heterocycles. The molecule has 1 N–H and O–H groups in total. The first-order valence-corrected chi connectivity index (χ1v) is 7.57. The number of amides is 2. The zero-order valence-electron chi connectivity index (χ0n) is 12.8. The predicted molar refractivity (Wildman–Crippen MR) is 81.6 cm³/mol. The first-order valence-electron chi connectivity index (χ1n) is 7.57. The van der Waals surface area contributed by atoms with Gasteiger partial charge in [0, 0.05) is 13.1 Å². The molecule has 21 heavy (non-hydrogen) atoms. The second kappa shape index (κ2) is 7.76. The van der Waals surface area contributed by atoms with Crippen molar-refractivity contribution < 1.29 is 14.3 Å². The van der Waals surface area contributed by atoms with Gasteiger partial charge in [0.1, 0.15) is 11.5 Å². The highest BCUT2D eigenvalue weighted by Gasteiger charge is 2.20. The van der Waals surface area contributed by atoms with Crippen LogP contribution in [0.15, 0.2) is 24.3 Å². The van der Waals surface area contributed by atoms with Gasteiger partial charge >= 0.3 is 6.03 Å². The molecule has 1 aromatic carbocycles. The molecule has 1 unspecified atom stereocenters. The van der Waals surface area contributed by atoms with Gasteiger partial charge in [-0.05, 0) is 49.9 Å². The van der Waals surface area contributed by atoms with E-state index in [1.54, 1.807) is 0 Å². The third-order valence-corrected chi connectivity index (χ3v) is 3.54. The Bertz CT molecular complexity index is 447. The number of nitrogens with one attached hydrogen (secondary N) is 1. The largest absolute Gasteiger partial charge is 0.494 e. The van der Waals surface area contributed by atoms with Crippen molar-refractivity contribution in [1.82, 2.24) is 10.2 Å². The van der Waals surface area contributed by atoms with Crippen molar-refractivity contribution in [2.75, 3.05) is 26.4 Å². The second-order valence-corrected chi connectivity index (χ2v) is 5.37. The van der Waals surface area contributed by atoms with Crippen LogP contribution in [0.2, 0.25) is 0 Å². The maximum Gasteiger partial charge on any atom is 0.320 e. The van der Waals surface area contributed by atoms with E-state index in [4.69, 9.17) is 9.47 Å². The summed E-state index contributed by atoms with van der Waals surface area (Å²) in [5, 5.41) is 2.79. The van der Waals surface area contributed by atoms with Crippen LogP contribution in [0.3, 0.4) is 0 Å². The van der Waals surface area contributed by atoms with Crippen LogP contribution in [0.1, 0.15) is 26.7 Å². The molecule has 1 aromatic rings. The molecule has 2 rings (SSSR count). The highest BCUT2D eigenvalue weighted by molar-refractivity contribution is 5.74. The van der Waals surface area contributed by atoms with Crippen LogP contribution in [0.25, 0.3) is 0 Å². The van der Waals surface area contributed by atoms with Crippen molar-refractivity contribution in [3.05, 3.63) is 24.3 Å². The lowest BCUT2D eigenvalue weighted by atomic mass is 10.0. The van der Waals surface area contributed by atoms with Gasteiger partial charge in [-0.1, -0.05) is 6.92 Å². The smallest absolute Gasteiger partial charge is 0.320 e. The van der Waals surface area contributed by atoms with E-state index in [9.17, 15) is 4.79 Å². The molecule has 2 amide bonds. The zero-order chi connectivity index (χ0) is 15.1. The van der Waals surface area contributed by atoms with Gasteiger partial charge in [-0.15, -0.1) is 0 Å². The van der Waals surface area contributed by atoms with Crippen molar-refractivity contribution in [1.29, 1.82) is 0 Å². The lowest BCUT2D eigenvalue weighted by molar-refractivity contribution is 0.160. The summed E-state index contributed by atoms with van der Waals surface area (Å²) in [6.07, 6.45) is 2.28. The molecular formula is C16H24N2O3. The molecule has 0 saturated carbocycles. The minimum Gasteiger partial charge on any atom is -0.494 e. The Morgan fingerprint density at radius 3 is 2.57 bits per heavy atom. The van der Waals surface area contributed by atoms with E-state index < -0.39 is 0 Å². The second-order valence-electron chi connectivity index (χ2n) is 5.37. The van der Waals surface area contributed by atoms with Crippen molar-refractivity contribution >= 4 is 6.03 Å². The van der Waals surface area contributed by atoms with Crippen molar-refractivity contribution in [3.8, 4) is 11.5 Å². The van der Waals surface area contributed by atoms with Crippen molar-refractivity contribution in [3.63, 3.8) is 0 Å². The average Bonchev–Trinajstić information content (AvgIpc) is 2.49. The Morgan fingerprint density at radius 1 is 1.29 bits per heavy atom. The number of carbonyl (C=O) groups excluding carboxylic acids is 1. The molecular weight excluding hydrogens is 268 g/mol. The monoisotopic (exact) mass is 292 g/mol. The summed E-state index contributed by atoms with van der Waals surface area (Å²) in [6, 6.07) is 7.33. The maximum absolute atomic E-state index is 12.0. The number of piperidine rings is 1. The molecule has 1 atom stereocenters. The molecule has 0 spiro atoms. The number of carbonyl (C=O) groups is 1. The first-order chi connectivity index (χ1) is 10.2. The number of hydrogen-bond acceptors (Lipinski definition) is 3. The van der Waals surface area contributed by atoms with E-state index in [1.807, 2.05) is 36.1 Å². The van der Waals surface area contributed by atoms with E-state index in [0.29, 0.717) is 18.3 Å². The lowest BCUT2D eigenvalue weighted by Crippen LogP contribution is -2.46. The molecule has 1 fully saturated rings. The van der Waals surface area contributed by atoms with E-state index in [-0.39, 0.29) is 12.8 Å². The summed E-state index contributed by atoms with van der Waals surface area (Å²) in [5.41, 5.74) is 0. The van der Waals surface area contributed by atoms with Crippen molar-refractivity contribution in [2.24, 2.45) is 5.92 Å². The third kappa shape index (κ3) is 4.85. The fraction of sp³-hybridized carbons (Fsp3) is 0.562. The number of nitrogens with zero attached hydrogens (tertiary/aromatic N) is 1. The van der Waals surface area contributed by atoms with E-state index in [1.165, 1.54) is 6.42 Å². The fourth-order valence-corrected chi connectivity index (χ4v) is 2.47. The number of likely N-dealkylation sites (tertiary alicyclic amines) is 1. The van der Waals surface area contributed by atoms with Gasteiger partial charge in [-0.25, -0.2) is 4.79 Å². The summed E-state index contributed by atoms with van der Waals surface area (Å²) in [5.74, 6) is 2.11. The number of hydrogen-bond donors (Lipinski definition) is 1. The highest BCUT2D eigenvalue weighted by Crippen LogP contribution is 2.17. The summed E-state index contributed by atoms with van der Waals surface area (Å²) in [6.45, 7) is 6.60.